The summed E-state index contributed by atoms with van der Waals surface area (Å²) in [6.45, 7) is 0.180. The number of rotatable bonds is 4. The summed E-state index contributed by atoms with van der Waals surface area (Å²) < 4.78 is 0.816. The summed E-state index contributed by atoms with van der Waals surface area (Å²) in [6, 6.07) is 10.9. The molecular weight excluding hydrogens is 296 g/mol. The van der Waals surface area contributed by atoms with Gasteiger partial charge in [0.1, 0.15) is 5.69 Å². The Balaban J connectivity index is 1.90. The van der Waals surface area contributed by atoms with Crippen LogP contribution in [0.1, 0.15) is 22.2 Å². The van der Waals surface area contributed by atoms with Gasteiger partial charge in [0.05, 0.1) is 6.10 Å². The maximum atomic E-state index is 11.7. The summed E-state index contributed by atoms with van der Waals surface area (Å²) >= 11 is 3.26. The lowest BCUT2D eigenvalue weighted by Gasteiger charge is -2.11. The molecule has 0 saturated heterocycles. The quantitative estimate of drug-likeness (QED) is 0.811. The van der Waals surface area contributed by atoms with Crippen LogP contribution in [0, 0.1) is 0 Å². The average Bonchev–Trinajstić information content (AvgIpc) is 2.83. The molecule has 0 aliphatic heterocycles. The Bertz CT molecular complexity index is 525. The van der Waals surface area contributed by atoms with Crippen molar-refractivity contribution in [3.63, 3.8) is 0 Å². The molecule has 1 aromatic heterocycles. The topological polar surface area (TPSA) is 65.1 Å². The van der Waals surface area contributed by atoms with E-state index >= 15 is 0 Å². The molecule has 1 unspecified atom stereocenters. The van der Waals surface area contributed by atoms with Gasteiger partial charge in [-0.15, -0.1) is 0 Å². The second kappa shape index (κ2) is 5.84. The van der Waals surface area contributed by atoms with Crippen LogP contribution in [0.15, 0.2) is 47.1 Å². The fraction of sp³-hybridized carbons (Fsp3) is 0.154. The van der Waals surface area contributed by atoms with E-state index in [4.69, 9.17) is 0 Å². The van der Waals surface area contributed by atoms with Gasteiger partial charge in [0.25, 0.3) is 5.91 Å². The van der Waals surface area contributed by atoms with E-state index in [9.17, 15) is 9.90 Å². The zero-order valence-electron chi connectivity index (χ0n) is 9.56. The van der Waals surface area contributed by atoms with E-state index in [0.29, 0.717) is 5.69 Å². The number of carbonyl (C=O) groups is 1. The largest absolute Gasteiger partial charge is 0.387 e. The van der Waals surface area contributed by atoms with Crippen LogP contribution < -0.4 is 5.32 Å². The van der Waals surface area contributed by atoms with Crippen LogP contribution in [0.25, 0.3) is 0 Å². The smallest absolute Gasteiger partial charge is 0.267 e. The lowest BCUT2D eigenvalue weighted by atomic mass is 10.1. The number of amides is 1. The van der Waals surface area contributed by atoms with Gasteiger partial charge >= 0.3 is 0 Å². The van der Waals surface area contributed by atoms with Crippen LogP contribution in [0.3, 0.4) is 0 Å². The molecule has 4 nitrogen and oxygen atoms in total. The van der Waals surface area contributed by atoms with Crippen molar-refractivity contribution >= 4 is 21.8 Å². The first kappa shape index (κ1) is 12.9. The minimum atomic E-state index is -0.700. The molecule has 1 aromatic carbocycles. The summed E-state index contributed by atoms with van der Waals surface area (Å²) in [7, 11) is 0. The number of aromatic amines is 1. The first-order valence-electron chi connectivity index (χ1n) is 5.52. The maximum Gasteiger partial charge on any atom is 0.267 e. The lowest BCUT2D eigenvalue weighted by Crippen LogP contribution is -2.28. The molecule has 18 heavy (non-hydrogen) atoms. The number of aliphatic hydroxyl groups excluding tert-OH is 1. The van der Waals surface area contributed by atoms with E-state index in [1.165, 1.54) is 0 Å². The Morgan fingerprint density at radius 3 is 2.72 bits per heavy atom. The summed E-state index contributed by atoms with van der Waals surface area (Å²) in [5.41, 5.74) is 1.24. The molecule has 1 heterocycles. The second-order valence-corrected chi connectivity index (χ2v) is 4.78. The Hall–Kier alpha value is -1.59. The lowest BCUT2D eigenvalue weighted by molar-refractivity contribution is 0.0912. The number of H-pyrrole nitrogens is 1. The first-order valence-corrected chi connectivity index (χ1v) is 6.31. The van der Waals surface area contributed by atoms with E-state index < -0.39 is 6.10 Å². The SMILES string of the molecule is O=C(NCC(O)c1ccccc1)c1cc(Br)c[nH]1. The van der Waals surface area contributed by atoms with Crippen molar-refractivity contribution < 1.29 is 9.90 Å². The number of nitrogens with one attached hydrogen (secondary N) is 2. The number of carbonyl (C=O) groups excluding carboxylic acids is 1. The third kappa shape index (κ3) is 3.21. The molecule has 1 amide bonds. The normalized spacial score (nSPS) is 12.1. The molecule has 1 atom stereocenters. The highest BCUT2D eigenvalue weighted by Gasteiger charge is 2.11. The van der Waals surface area contributed by atoms with Crippen molar-refractivity contribution in [2.24, 2.45) is 0 Å². The average molecular weight is 309 g/mol. The minimum absolute atomic E-state index is 0.180. The molecule has 94 valence electrons. The van der Waals surface area contributed by atoms with Crippen molar-refractivity contribution in [3.05, 3.63) is 58.3 Å². The zero-order chi connectivity index (χ0) is 13.0. The number of aliphatic hydroxyl groups is 1. The number of hydrogen-bond donors (Lipinski definition) is 3. The molecule has 0 radical (unpaired) electrons. The van der Waals surface area contributed by atoms with Gasteiger partial charge in [-0.1, -0.05) is 30.3 Å². The standard InChI is InChI=1S/C13H13BrN2O2/c14-10-6-11(15-7-10)13(18)16-8-12(17)9-4-2-1-3-5-9/h1-7,12,15,17H,8H2,(H,16,18). The molecule has 0 aliphatic carbocycles. The van der Waals surface area contributed by atoms with E-state index in [0.717, 1.165) is 10.0 Å². The van der Waals surface area contributed by atoms with Crippen molar-refractivity contribution in [1.82, 2.24) is 10.3 Å². The van der Waals surface area contributed by atoms with E-state index in [1.54, 1.807) is 12.3 Å². The van der Waals surface area contributed by atoms with Gasteiger partial charge < -0.3 is 15.4 Å². The molecule has 0 spiro atoms. The van der Waals surface area contributed by atoms with Crippen LogP contribution in [0.2, 0.25) is 0 Å². The third-order valence-electron chi connectivity index (χ3n) is 2.53. The van der Waals surface area contributed by atoms with Crippen molar-refractivity contribution in [1.29, 1.82) is 0 Å². The number of hydrogen-bond acceptors (Lipinski definition) is 2. The molecule has 5 heteroatoms. The summed E-state index contributed by atoms with van der Waals surface area (Å²) in [5.74, 6) is -0.240. The van der Waals surface area contributed by atoms with Gasteiger partial charge in [-0.05, 0) is 27.6 Å². The van der Waals surface area contributed by atoms with Gasteiger partial charge in [0, 0.05) is 17.2 Å². The highest BCUT2D eigenvalue weighted by molar-refractivity contribution is 9.10. The first-order chi connectivity index (χ1) is 8.66. The van der Waals surface area contributed by atoms with Crippen LogP contribution in [-0.4, -0.2) is 22.5 Å². The van der Waals surface area contributed by atoms with Gasteiger partial charge in [-0.25, -0.2) is 0 Å². The number of halogens is 1. The van der Waals surface area contributed by atoms with E-state index in [2.05, 4.69) is 26.2 Å². The second-order valence-electron chi connectivity index (χ2n) is 3.87. The molecular formula is C13H13BrN2O2. The predicted octanol–water partition coefficient (Wildman–Crippen LogP) is 2.24. The Morgan fingerprint density at radius 1 is 1.39 bits per heavy atom. The van der Waals surface area contributed by atoms with Crippen molar-refractivity contribution in [2.75, 3.05) is 6.54 Å². The van der Waals surface area contributed by atoms with Crippen molar-refractivity contribution in [2.45, 2.75) is 6.10 Å². The maximum absolute atomic E-state index is 11.7. The minimum Gasteiger partial charge on any atom is -0.387 e. The Kier molecular flexibility index (Phi) is 4.17. The number of benzene rings is 1. The molecule has 0 aliphatic rings. The van der Waals surface area contributed by atoms with Gasteiger partial charge in [0.15, 0.2) is 0 Å². The highest BCUT2D eigenvalue weighted by Crippen LogP contribution is 2.12. The van der Waals surface area contributed by atoms with Gasteiger partial charge in [0.2, 0.25) is 0 Å². The summed E-state index contributed by atoms with van der Waals surface area (Å²) in [4.78, 5) is 14.5. The van der Waals surface area contributed by atoms with E-state index in [-0.39, 0.29) is 12.5 Å². The number of aromatic nitrogens is 1. The molecule has 2 rings (SSSR count). The highest BCUT2D eigenvalue weighted by atomic mass is 79.9. The third-order valence-corrected chi connectivity index (χ3v) is 2.99. The Labute approximate surface area is 113 Å². The molecule has 0 fully saturated rings. The molecule has 0 saturated carbocycles. The van der Waals surface area contributed by atoms with Crippen LogP contribution in [-0.2, 0) is 0 Å². The van der Waals surface area contributed by atoms with Crippen molar-refractivity contribution in [3.8, 4) is 0 Å². The van der Waals surface area contributed by atoms with Crippen LogP contribution in [0.5, 0.6) is 0 Å². The fourth-order valence-corrected chi connectivity index (χ4v) is 1.92. The van der Waals surface area contributed by atoms with Crippen LogP contribution >= 0.6 is 15.9 Å². The summed E-state index contributed by atoms with van der Waals surface area (Å²) in [5, 5.41) is 12.6. The molecule has 3 N–H and O–H groups in total. The zero-order valence-corrected chi connectivity index (χ0v) is 11.1. The monoisotopic (exact) mass is 308 g/mol. The van der Waals surface area contributed by atoms with Gasteiger partial charge in [-0.3, -0.25) is 4.79 Å². The fourth-order valence-electron chi connectivity index (χ4n) is 1.58. The summed E-state index contributed by atoms with van der Waals surface area (Å²) in [6.07, 6.45) is 0.983. The predicted molar refractivity (Wildman–Crippen MR) is 72.2 cm³/mol. The van der Waals surface area contributed by atoms with E-state index in [1.807, 2.05) is 30.3 Å². The van der Waals surface area contributed by atoms with Gasteiger partial charge in [-0.2, -0.15) is 0 Å². The molecule has 2 aromatic rings. The molecule has 0 bridgehead atoms. The Morgan fingerprint density at radius 2 is 2.11 bits per heavy atom. The van der Waals surface area contributed by atoms with Crippen LogP contribution in [0.4, 0.5) is 0 Å².